The smallest absolute Gasteiger partial charge is 0.230 e. The van der Waals surface area contributed by atoms with E-state index >= 15 is 0 Å². The van der Waals surface area contributed by atoms with Crippen molar-refractivity contribution in [1.29, 1.82) is 0 Å². The van der Waals surface area contributed by atoms with Crippen molar-refractivity contribution >= 4 is 17.5 Å². The number of oxime groups is 1. The lowest BCUT2D eigenvalue weighted by atomic mass is 10.1. The zero-order chi connectivity index (χ0) is 15.6. The van der Waals surface area contributed by atoms with Crippen LogP contribution in [-0.4, -0.2) is 28.1 Å². The van der Waals surface area contributed by atoms with Gasteiger partial charge in [0.15, 0.2) is 5.84 Å². The van der Waals surface area contributed by atoms with Gasteiger partial charge in [-0.25, -0.2) is 9.97 Å². The van der Waals surface area contributed by atoms with Crippen molar-refractivity contribution in [3.8, 4) is 0 Å². The number of hydrogen-bond donors (Lipinski definition) is 2. The lowest BCUT2D eigenvalue weighted by Gasteiger charge is -2.20. The third-order valence-electron chi connectivity index (χ3n) is 3.23. The van der Waals surface area contributed by atoms with Crippen LogP contribution in [0.25, 0.3) is 0 Å². The number of rotatable bonds is 3. The molecule has 0 bridgehead atoms. The molecule has 21 heavy (non-hydrogen) atoms. The van der Waals surface area contributed by atoms with Gasteiger partial charge in [0, 0.05) is 18.4 Å². The maximum Gasteiger partial charge on any atom is 0.230 e. The first-order valence-corrected chi connectivity index (χ1v) is 6.57. The Morgan fingerprint density at radius 3 is 2.52 bits per heavy atom. The van der Waals surface area contributed by atoms with Crippen LogP contribution in [0.4, 0.5) is 11.6 Å². The Labute approximate surface area is 123 Å². The summed E-state index contributed by atoms with van der Waals surface area (Å²) < 4.78 is 0. The highest BCUT2D eigenvalue weighted by atomic mass is 16.4. The fraction of sp³-hybridized carbons (Fsp3) is 0.267. The van der Waals surface area contributed by atoms with Crippen molar-refractivity contribution in [3.63, 3.8) is 0 Å². The second-order valence-corrected chi connectivity index (χ2v) is 5.03. The third-order valence-corrected chi connectivity index (χ3v) is 3.23. The molecule has 0 aliphatic carbocycles. The van der Waals surface area contributed by atoms with Crippen molar-refractivity contribution in [2.45, 2.75) is 20.8 Å². The number of nitrogens with zero attached hydrogens (tertiary/aromatic N) is 4. The lowest BCUT2D eigenvalue weighted by molar-refractivity contribution is 0.318. The van der Waals surface area contributed by atoms with Gasteiger partial charge in [0.2, 0.25) is 5.95 Å². The van der Waals surface area contributed by atoms with Crippen molar-refractivity contribution in [2.24, 2.45) is 10.9 Å². The van der Waals surface area contributed by atoms with E-state index in [9.17, 15) is 0 Å². The Morgan fingerprint density at radius 2 is 1.90 bits per heavy atom. The van der Waals surface area contributed by atoms with E-state index in [2.05, 4.69) is 28.1 Å². The molecule has 1 heterocycles. The first-order chi connectivity index (χ1) is 9.92. The van der Waals surface area contributed by atoms with Crippen molar-refractivity contribution < 1.29 is 5.21 Å². The van der Waals surface area contributed by atoms with E-state index in [0.29, 0.717) is 11.6 Å². The van der Waals surface area contributed by atoms with Crippen LogP contribution in [0.2, 0.25) is 0 Å². The van der Waals surface area contributed by atoms with Crippen LogP contribution in [0.15, 0.2) is 29.4 Å². The van der Waals surface area contributed by atoms with Gasteiger partial charge in [0.25, 0.3) is 0 Å². The third kappa shape index (κ3) is 3.10. The first-order valence-electron chi connectivity index (χ1n) is 6.57. The van der Waals surface area contributed by atoms with Gasteiger partial charge in [-0.3, -0.25) is 0 Å². The van der Waals surface area contributed by atoms with Crippen LogP contribution >= 0.6 is 0 Å². The molecule has 0 spiro atoms. The second kappa shape index (κ2) is 5.78. The molecule has 0 saturated heterocycles. The largest absolute Gasteiger partial charge is 0.409 e. The minimum atomic E-state index is -0.0317. The predicted octanol–water partition coefficient (Wildman–Crippen LogP) is 2.26. The molecule has 3 N–H and O–H groups in total. The van der Waals surface area contributed by atoms with Gasteiger partial charge in [-0.05, 0) is 38.5 Å². The van der Waals surface area contributed by atoms with E-state index in [0.717, 1.165) is 16.9 Å². The van der Waals surface area contributed by atoms with Gasteiger partial charge in [0.1, 0.15) is 5.69 Å². The average Bonchev–Trinajstić information content (AvgIpc) is 2.45. The summed E-state index contributed by atoms with van der Waals surface area (Å²) in [7, 11) is 1.89. The summed E-state index contributed by atoms with van der Waals surface area (Å²) in [5.74, 6) is 0.472. The average molecular weight is 285 g/mol. The van der Waals surface area contributed by atoms with Crippen molar-refractivity contribution in [3.05, 3.63) is 46.8 Å². The van der Waals surface area contributed by atoms with Gasteiger partial charge < -0.3 is 15.8 Å². The summed E-state index contributed by atoms with van der Waals surface area (Å²) >= 11 is 0. The molecule has 6 heteroatoms. The second-order valence-electron chi connectivity index (χ2n) is 5.03. The van der Waals surface area contributed by atoms with Gasteiger partial charge in [0.05, 0.1) is 0 Å². The van der Waals surface area contributed by atoms with E-state index in [4.69, 9.17) is 10.9 Å². The number of aryl methyl sites for hydroxylation is 3. The Hall–Kier alpha value is -2.63. The number of hydrogen-bond acceptors (Lipinski definition) is 5. The monoisotopic (exact) mass is 285 g/mol. The molecule has 0 amide bonds. The Morgan fingerprint density at radius 1 is 1.19 bits per heavy atom. The van der Waals surface area contributed by atoms with Crippen LogP contribution in [-0.2, 0) is 0 Å². The molecule has 6 nitrogen and oxygen atoms in total. The predicted molar refractivity (Wildman–Crippen MR) is 83.3 cm³/mol. The van der Waals surface area contributed by atoms with Crippen LogP contribution in [0.5, 0.6) is 0 Å². The molecule has 2 rings (SSSR count). The molecule has 0 unspecified atom stereocenters. The molecule has 0 atom stereocenters. The highest BCUT2D eigenvalue weighted by Crippen LogP contribution is 2.25. The van der Waals surface area contributed by atoms with Crippen LogP contribution < -0.4 is 10.6 Å². The minimum absolute atomic E-state index is 0.0317. The van der Waals surface area contributed by atoms with Crippen molar-refractivity contribution in [2.75, 3.05) is 11.9 Å². The standard InChI is InChI=1S/C15H19N5O/c1-9-5-6-13(10(2)7-9)20(4)15-17-11(3)8-12(18-15)14(16)19-21/h5-8,21H,1-4H3,(H2,16,19). The fourth-order valence-electron chi connectivity index (χ4n) is 2.17. The van der Waals surface area contributed by atoms with Gasteiger partial charge in [-0.2, -0.15) is 0 Å². The van der Waals surface area contributed by atoms with Gasteiger partial charge in [-0.15, -0.1) is 0 Å². The summed E-state index contributed by atoms with van der Waals surface area (Å²) in [5.41, 5.74) is 10.1. The Balaban J connectivity index is 2.48. The summed E-state index contributed by atoms with van der Waals surface area (Å²) in [6, 6.07) is 7.85. The summed E-state index contributed by atoms with van der Waals surface area (Å²) in [6.45, 7) is 5.94. The molecule has 0 radical (unpaired) electrons. The topological polar surface area (TPSA) is 87.6 Å². The highest BCUT2D eigenvalue weighted by molar-refractivity contribution is 5.95. The number of anilines is 2. The van der Waals surface area contributed by atoms with E-state index in [1.54, 1.807) is 6.07 Å². The molecule has 2 aromatic rings. The zero-order valence-electron chi connectivity index (χ0n) is 12.6. The van der Waals surface area contributed by atoms with Crippen molar-refractivity contribution in [1.82, 2.24) is 9.97 Å². The minimum Gasteiger partial charge on any atom is -0.409 e. The maximum absolute atomic E-state index is 8.79. The molecule has 1 aromatic carbocycles. The highest BCUT2D eigenvalue weighted by Gasteiger charge is 2.13. The van der Waals surface area contributed by atoms with E-state index in [1.165, 1.54) is 5.56 Å². The summed E-state index contributed by atoms with van der Waals surface area (Å²) in [4.78, 5) is 10.6. The molecular formula is C15H19N5O. The zero-order valence-corrected chi connectivity index (χ0v) is 12.6. The molecule has 110 valence electrons. The molecule has 0 aliphatic heterocycles. The molecule has 0 aliphatic rings. The number of aromatic nitrogens is 2. The van der Waals surface area contributed by atoms with Gasteiger partial charge >= 0.3 is 0 Å². The van der Waals surface area contributed by atoms with E-state index in [-0.39, 0.29) is 5.84 Å². The normalized spacial score (nSPS) is 11.5. The number of benzene rings is 1. The quantitative estimate of drug-likeness (QED) is 0.391. The maximum atomic E-state index is 8.79. The number of amidine groups is 1. The van der Waals surface area contributed by atoms with Crippen LogP contribution in [0, 0.1) is 20.8 Å². The Bertz CT molecular complexity index is 696. The summed E-state index contributed by atoms with van der Waals surface area (Å²) in [5, 5.41) is 11.8. The lowest BCUT2D eigenvalue weighted by Crippen LogP contribution is -2.20. The number of nitrogens with two attached hydrogens (primary N) is 1. The molecule has 0 saturated carbocycles. The van der Waals surface area contributed by atoms with Gasteiger partial charge in [-0.1, -0.05) is 22.9 Å². The van der Waals surface area contributed by atoms with E-state index < -0.39 is 0 Å². The van der Waals surface area contributed by atoms with Crippen LogP contribution in [0.1, 0.15) is 22.5 Å². The summed E-state index contributed by atoms with van der Waals surface area (Å²) in [6.07, 6.45) is 0. The fourth-order valence-corrected chi connectivity index (χ4v) is 2.17. The molecule has 1 aromatic heterocycles. The first kappa shape index (κ1) is 14.8. The van der Waals surface area contributed by atoms with E-state index in [1.807, 2.05) is 37.9 Å². The molecular weight excluding hydrogens is 266 g/mol. The Kier molecular flexibility index (Phi) is 4.07. The SMILES string of the molecule is Cc1ccc(N(C)c2nc(C)cc(/C(N)=N/O)n2)c(C)c1. The molecule has 0 fully saturated rings. The van der Waals surface area contributed by atoms with Crippen LogP contribution in [0.3, 0.4) is 0 Å².